The Morgan fingerprint density at radius 1 is 1.32 bits per heavy atom. The number of nitrogens with zero attached hydrogens (tertiary/aromatic N) is 1. The van der Waals surface area contributed by atoms with E-state index in [1.807, 2.05) is 31.2 Å². The number of nitrogens with one attached hydrogen (secondary N) is 2. The molecule has 5 heteroatoms. The third kappa shape index (κ3) is 1.97. The number of carbonyl (C=O) groups excluding carboxylic acids is 1. The summed E-state index contributed by atoms with van der Waals surface area (Å²) in [6.45, 7) is 1.97. The highest BCUT2D eigenvalue weighted by molar-refractivity contribution is 5.94. The molecule has 1 atom stereocenters. The second-order valence-electron chi connectivity index (χ2n) is 4.69. The third-order valence-electron chi connectivity index (χ3n) is 3.51. The molecule has 2 N–H and O–H groups in total. The lowest BCUT2D eigenvalue weighted by molar-refractivity contribution is -0.116. The van der Waals surface area contributed by atoms with E-state index in [2.05, 4.69) is 15.5 Å². The maximum Gasteiger partial charge on any atom is 0.226 e. The van der Waals surface area contributed by atoms with Crippen molar-refractivity contribution in [3.05, 3.63) is 41.1 Å². The molecule has 0 saturated carbocycles. The maximum atomic E-state index is 11.8. The lowest BCUT2D eigenvalue weighted by Gasteiger charge is -2.23. The molecule has 1 aromatic carbocycles. The fraction of sp³-hybridized carbons (Fsp3) is 0.286. The minimum absolute atomic E-state index is 0.000168. The Balaban J connectivity index is 2.04. The Kier molecular flexibility index (Phi) is 2.74. The second kappa shape index (κ2) is 4.42. The quantitative estimate of drug-likeness (QED) is 0.866. The number of ether oxygens (including phenoxy) is 1. The van der Waals surface area contributed by atoms with Gasteiger partial charge in [0.2, 0.25) is 5.91 Å². The van der Waals surface area contributed by atoms with Crippen molar-refractivity contribution in [3.63, 3.8) is 0 Å². The van der Waals surface area contributed by atoms with Gasteiger partial charge in [-0.3, -0.25) is 9.89 Å². The number of hydrogen-bond acceptors (Lipinski definition) is 3. The smallest absolute Gasteiger partial charge is 0.226 e. The molecule has 3 rings (SSSR count). The molecule has 0 fully saturated rings. The fourth-order valence-electron chi connectivity index (χ4n) is 2.55. The summed E-state index contributed by atoms with van der Waals surface area (Å²) in [6, 6.07) is 7.82. The summed E-state index contributed by atoms with van der Waals surface area (Å²) >= 11 is 0. The Morgan fingerprint density at radius 3 is 2.74 bits per heavy atom. The Hall–Kier alpha value is -2.30. The van der Waals surface area contributed by atoms with Crippen LogP contribution in [-0.2, 0) is 4.79 Å². The fourth-order valence-corrected chi connectivity index (χ4v) is 2.55. The molecule has 2 heterocycles. The minimum Gasteiger partial charge on any atom is -0.497 e. The van der Waals surface area contributed by atoms with Crippen LogP contribution in [-0.4, -0.2) is 23.2 Å². The average molecular weight is 257 g/mol. The van der Waals surface area contributed by atoms with E-state index in [4.69, 9.17) is 4.74 Å². The molecular formula is C14H15N3O2. The molecule has 0 radical (unpaired) electrons. The Labute approximate surface area is 111 Å². The third-order valence-corrected chi connectivity index (χ3v) is 3.51. The number of carbonyl (C=O) groups is 1. The number of anilines is 1. The molecule has 1 aliphatic rings. The highest BCUT2D eigenvalue weighted by atomic mass is 16.5. The van der Waals surface area contributed by atoms with Crippen LogP contribution < -0.4 is 10.1 Å². The summed E-state index contributed by atoms with van der Waals surface area (Å²) in [5.41, 5.74) is 3.17. The number of aromatic amines is 1. The molecule has 19 heavy (non-hydrogen) atoms. The largest absolute Gasteiger partial charge is 0.497 e. The van der Waals surface area contributed by atoms with Gasteiger partial charge in [0.1, 0.15) is 5.75 Å². The van der Waals surface area contributed by atoms with Crippen LogP contribution in [0.4, 0.5) is 5.82 Å². The van der Waals surface area contributed by atoms with Crippen LogP contribution in [0.25, 0.3) is 0 Å². The summed E-state index contributed by atoms with van der Waals surface area (Å²) in [4.78, 5) is 11.8. The van der Waals surface area contributed by atoms with Gasteiger partial charge in [0.15, 0.2) is 5.82 Å². The number of aromatic nitrogens is 2. The van der Waals surface area contributed by atoms with E-state index in [0.717, 1.165) is 22.6 Å². The number of methoxy groups -OCH3 is 1. The summed E-state index contributed by atoms with van der Waals surface area (Å²) in [5, 5.41) is 9.86. The van der Waals surface area contributed by atoms with Gasteiger partial charge in [0, 0.05) is 23.6 Å². The summed E-state index contributed by atoms with van der Waals surface area (Å²) in [5.74, 6) is 1.51. The molecule has 1 amide bonds. The molecule has 5 nitrogen and oxygen atoms in total. The zero-order chi connectivity index (χ0) is 13.4. The van der Waals surface area contributed by atoms with Crippen molar-refractivity contribution in [2.75, 3.05) is 12.4 Å². The SMILES string of the molecule is COc1ccc(C2CC(=O)Nc3n[nH]c(C)c32)cc1. The first-order valence-electron chi connectivity index (χ1n) is 6.17. The summed E-state index contributed by atoms with van der Waals surface area (Å²) < 4.78 is 5.16. The number of rotatable bonds is 2. The Bertz CT molecular complexity index is 616. The monoisotopic (exact) mass is 257 g/mol. The highest BCUT2D eigenvalue weighted by Crippen LogP contribution is 2.38. The predicted molar refractivity (Wildman–Crippen MR) is 71.4 cm³/mol. The molecule has 2 aromatic rings. The highest BCUT2D eigenvalue weighted by Gasteiger charge is 2.30. The topological polar surface area (TPSA) is 67.0 Å². The van der Waals surface area contributed by atoms with Gasteiger partial charge in [-0.1, -0.05) is 12.1 Å². The lowest BCUT2D eigenvalue weighted by Crippen LogP contribution is -2.23. The van der Waals surface area contributed by atoms with Crippen LogP contribution in [0.15, 0.2) is 24.3 Å². The average Bonchev–Trinajstić information content (AvgIpc) is 2.79. The maximum absolute atomic E-state index is 11.8. The van der Waals surface area contributed by atoms with Crippen molar-refractivity contribution < 1.29 is 9.53 Å². The van der Waals surface area contributed by atoms with Gasteiger partial charge in [-0.05, 0) is 24.6 Å². The van der Waals surface area contributed by atoms with Gasteiger partial charge in [-0.25, -0.2) is 0 Å². The van der Waals surface area contributed by atoms with Gasteiger partial charge >= 0.3 is 0 Å². The number of amides is 1. The lowest BCUT2D eigenvalue weighted by atomic mass is 9.86. The van der Waals surface area contributed by atoms with E-state index < -0.39 is 0 Å². The molecule has 1 aliphatic heterocycles. The van der Waals surface area contributed by atoms with Gasteiger partial charge < -0.3 is 10.1 Å². The summed E-state index contributed by atoms with van der Waals surface area (Å²) in [7, 11) is 1.64. The van der Waals surface area contributed by atoms with Gasteiger partial charge in [0.25, 0.3) is 0 Å². The van der Waals surface area contributed by atoms with Crippen LogP contribution >= 0.6 is 0 Å². The van der Waals surface area contributed by atoms with Crippen molar-refractivity contribution in [1.82, 2.24) is 10.2 Å². The second-order valence-corrected chi connectivity index (χ2v) is 4.69. The van der Waals surface area contributed by atoms with Crippen LogP contribution in [0.3, 0.4) is 0 Å². The standard InChI is InChI=1S/C14H15N3O2/c1-8-13-11(7-12(18)15-14(13)17-16-8)9-3-5-10(19-2)6-4-9/h3-6,11H,7H2,1-2H3,(H2,15,16,17,18). The van der Waals surface area contributed by atoms with Crippen molar-refractivity contribution >= 4 is 11.7 Å². The molecule has 1 aromatic heterocycles. The minimum atomic E-state index is -0.000168. The molecule has 0 aliphatic carbocycles. The zero-order valence-electron chi connectivity index (χ0n) is 10.9. The van der Waals surface area contributed by atoms with E-state index in [0.29, 0.717) is 12.2 Å². The number of benzene rings is 1. The van der Waals surface area contributed by atoms with Crippen LogP contribution in [0.2, 0.25) is 0 Å². The van der Waals surface area contributed by atoms with E-state index in [-0.39, 0.29) is 11.8 Å². The van der Waals surface area contributed by atoms with Crippen LogP contribution in [0.1, 0.15) is 29.2 Å². The number of aryl methyl sites for hydroxylation is 1. The van der Waals surface area contributed by atoms with E-state index >= 15 is 0 Å². The molecular weight excluding hydrogens is 242 g/mol. The first-order valence-corrected chi connectivity index (χ1v) is 6.17. The van der Waals surface area contributed by atoms with Gasteiger partial charge in [-0.2, -0.15) is 5.10 Å². The summed E-state index contributed by atoms with van der Waals surface area (Å²) in [6.07, 6.45) is 0.444. The van der Waals surface area contributed by atoms with E-state index in [9.17, 15) is 4.79 Å². The van der Waals surface area contributed by atoms with Crippen molar-refractivity contribution in [1.29, 1.82) is 0 Å². The number of fused-ring (bicyclic) bond motifs is 1. The van der Waals surface area contributed by atoms with Crippen molar-refractivity contribution in [3.8, 4) is 5.75 Å². The first-order chi connectivity index (χ1) is 9.19. The van der Waals surface area contributed by atoms with Gasteiger partial charge in [0.05, 0.1) is 7.11 Å². The van der Waals surface area contributed by atoms with E-state index in [1.165, 1.54) is 0 Å². The van der Waals surface area contributed by atoms with Crippen molar-refractivity contribution in [2.24, 2.45) is 0 Å². The number of hydrogen-bond donors (Lipinski definition) is 2. The van der Waals surface area contributed by atoms with Crippen molar-refractivity contribution in [2.45, 2.75) is 19.3 Å². The van der Waals surface area contributed by atoms with Crippen LogP contribution in [0, 0.1) is 6.92 Å². The molecule has 1 unspecified atom stereocenters. The van der Waals surface area contributed by atoms with Crippen LogP contribution in [0.5, 0.6) is 5.75 Å². The van der Waals surface area contributed by atoms with E-state index in [1.54, 1.807) is 7.11 Å². The normalized spacial score (nSPS) is 17.8. The zero-order valence-corrected chi connectivity index (χ0v) is 10.9. The molecule has 98 valence electrons. The van der Waals surface area contributed by atoms with Gasteiger partial charge in [-0.15, -0.1) is 0 Å². The molecule has 0 bridgehead atoms. The number of H-pyrrole nitrogens is 1. The molecule has 0 spiro atoms. The molecule has 0 saturated heterocycles. The first kappa shape index (κ1) is 11.8. The predicted octanol–water partition coefficient (Wildman–Crippen LogP) is 2.20. The Morgan fingerprint density at radius 2 is 2.05 bits per heavy atom.